The van der Waals surface area contributed by atoms with Gasteiger partial charge in [-0.05, 0) is 50.1 Å². The molecule has 3 aromatic rings. The minimum atomic E-state index is -0.468. The van der Waals surface area contributed by atoms with Crippen molar-refractivity contribution in [3.63, 3.8) is 0 Å². The smallest absolute Gasteiger partial charge is 0.343 e. The molecule has 1 heterocycles. The highest BCUT2D eigenvalue weighted by Crippen LogP contribution is 2.26. The van der Waals surface area contributed by atoms with Crippen molar-refractivity contribution in [1.29, 1.82) is 0 Å². The van der Waals surface area contributed by atoms with Crippen molar-refractivity contribution in [3.8, 4) is 11.4 Å². The van der Waals surface area contributed by atoms with Gasteiger partial charge in [-0.2, -0.15) is 0 Å². The molecule has 0 spiro atoms. The third-order valence-corrected chi connectivity index (χ3v) is 4.08. The van der Waals surface area contributed by atoms with Crippen LogP contribution in [0.3, 0.4) is 0 Å². The van der Waals surface area contributed by atoms with E-state index in [0.717, 1.165) is 22.4 Å². The fourth-order valence-corrected chi connectivity index (χ4v) is 2.65. The molecule has 3 N–H and O–H groups in total. The lowest BCUT2D eigenvalue weighted by molar-refractivity contribution is 0.0526. The molecule has 3 rings (SSSR count). The second-order valence-corrected chi connectivity index (χ2v) is 6.25. The molecular formula is C21H22N4O2. The lowest BCUT2D eigenvalue weighted by atomic mass is 10.1. The largest absolute Gasteiger partial charge is 0.462 e. The number of carbonyl (C=O) groups is 1. The van der Waals surface area contributed by atoms with Crippen molar-refractivity contribution >= 4 is 23.2 Å². The van der Waals surface area contributed by atoms with Gasteiger partial charge in [-0.15, -0.1) is 0 Å². The van der Waals surface area contributed by atoms with Crippen LogP contribution in [0.25, 0.3) is 11.4 Å². The number of esters is 1. The maximum absolute atomic E-state index is 12.3. The van der Waals surface area contributed by atoms with E-state index in [4.69, 9.17) is 10.5 Å². The molecular weight excluding hydrogens is 340 g/mol. The number of nitrogens with two attached hydrogens (primary N) is 1. The van der Waals surface area contributed by atoms with Crippen molar-refractivity contribution in [1.82, 2.24) is 9.97 Å². The van der Waals surface area contributed by atoms with Crippen molar-refractivity contribution < 1.29 is 9.53 Å². The van der Waals surface area contributed by atoms with Crippen LogP contribution in [0.2, 0.25) is 0 Å². The summed E-state index contributed by atoms with van der Waals surface area (Å²) >= 11 is 0. The Bertz CT molecular complexity index is 986. The van der Waals surface area contributed by atoms with E-state index in [-0.39, 0.29) is 12.2 Å². The Balaban J connectivity index is 2.08. The maximum Gasteiger partial charge on any atom is 0.343 e. The molecule has 6 nitrogen and oxygen atoms in total. The van der Waals surface area contributed by atoms with Crippen molar-refractivity contribution in [2.75, 3.05) is 17.7 Å². The summed E-state index contributed by atoms with van der Waals surface area (Å²) in [6, 6.07) is 13.4. The number of hydrogen-bond acceptors (Lipinski definition) is 6. The Morgan fingerprint density at radius 1 is 1.19 bits per heavy atom. The third-order valence-electron chi connectivity index (χ3n) is 4.08. The van der Waals surface area contributed by atoms with Crippen molar-refractivity contribution in [2.45, 2.75) is 20.8 Å². The summed E-state index contributed by atoms with van der Waals surface area (Å²) in [7, 11) is 0. The lowest BCUT2D eigenvalue weighted by Crippen LogP contribution is -2.11. The second kappa shape index (κ2) is 7.86. The van der Waals surface area contributed by atoms with Gasteiger partial charge >= 0.3 is 5.97 Å². The van der Waals surface area contributed by atoms with Gasteiger partial charge in [0.2, 0.25) is 0 Å². The summed E-state index contributed by atoms with van der Waals surface area (Å²) in [5, 5.41) is 3.26. The summed E-state index contributed by atoms with van der Waals surface area (Å²) in [4.78, 5) is 21.3. The summed E-state index contributed by atoms with van der Waals surface area (Å²) in [6.45, 7) is 6.04. The van der Waals surface area contributed by atoms with Crippen molar-refractivity contribution in [3.05, 3.63) is 65.4 Å². The average Bonchev–Trinajstić information content (AvgIpc) is 2.65. The zero-order valence-electron chi connectivity index (χ0n) is 15.6. The number of nitrogens with zero attached hydrogens (tertiary/aromatic N) is 2. The fourth-order valence-electron chi connectivity index (χ4n) is 2.65. The minimum Gasteiger partial charge on any atom is -0.462 e. The summed E-state index contributed by atoms with van der Waals surface area (Å²) < 4.78 is 5.15. The first-order chi connectivity index (χ1) is 13.0. The predicted molar refractivity (Wildman–Crippen MR) is 107 cm³/mol. The Morgan fingerprint density at radius 2 is 2.00 bits per heavy atom. The number of anilines is 3. The molecule has 0 aliphatic carbocycles. The number of benzene rings is 2. The van der Waals surface area contributed by atoms with Crippen LogP contribution in [-0.2, 0) is 4.74 Å². The van der Waals surface area contributed by atoms with Gasteiger partial charge < -0.3 is 15.8 Å². The van der Waals surface area contributed by atoms with E-state index in [9.17, 15) is 4.79 Å². The summed E-state index contributed by atoms with van der Waals surface area (Å²) in [6.07, 6.45) is 1.48. The molecule has 27 heavy (non-hydrogen) atoms. The number of carbonyl (C=O) groups excluding carboxylic acids is 1. The van der Waals surface area contributed by atoms with Crippen LogP contribution >= 0.6 is 0 Å². The van der Waals surface area contributed by atoms with E-state index in [1.165, 1.54) is 6.20 Å². The first-order valence-electron chi connectivity index (χ1n) is 8.72. The number of hydrogen-bond donors (Lipinski definition) is 2. The molecule has 0 fully saturated rings. The van der Waals surface area contributed by atoms with Gasteiger partial charge in [0.25, 0.3) is 0 Å². The molecule has 0 aliphatic heterocycles. The highest BCUT2D eigenvalue weighted by molar-refractivity contribution is 5.95. The van der Waals surface area contributed by atoms with E-state index in [0.29, 0.717) is 17.3 Å². The summed E-state index contributed by atoms with van der Waals surface area (Å²) in [5.74, 6) is 0.405. The van der Waals surface area contributed by atoms with Gasteiger partial charge in [0.15, 0.2) is 5.82 Å². The molecule has 0 bridgehead atoms. The van der Waals surface area contributed by atoms with Gasteiger partial charge in [-0.25, -0.2) is 14.8 Å². The Kier molecular flexibility index (Phi) is 5.35. The Morgan fingerprint density at radius 3 is 2.74 bits per heavy atom. The van der Waals surface area contributed by atoms with Gasteiger partial charge in [0.1, 0.15) is 11.4 Å². The topological polar surface area (TPSA) is 90.1 Å². The van der Waals surface area contributed by atoms with Crippen LogP contribution in [0.15, 0.2) is 48.7 Å². The quantitative estimate of drug-likeness (QED) is 0.520. The number of aromatic nitrogens is 2. The number of rotatable bonds is 5. The minimum absolute atomic E-state index is 0.277. The van der Waals surface area contributed by atoms with Crippen LogP contribution < -0.4 is 11.1 Å². The van der Waals surface area contributed by atoms with E-state index < -0.39 is 5.97 Å². The monoisotopic (exact) mass is 362 g/mol. The zero-order valence-corrected chi connectivity index (χ0v) is 15.6. The van der Waals surface area contributed by atoms with Gasteiger partial charge in [-0.3, -0.25) is 0 Å². The van der Waals surface area contributed by atoms with Crippen LogP contribution in [0.5, 0.6) is 0 Å². The molecule has 1 aromatic heterocycles. The SMILES string of the molecule is CCOC(=O)c1cnc(-c2cccc(N)c2)nc1Nc1cc(C)ccc1C. The number of nitrogens with one attached hydrogen (secondary N) is 1. The first-order valence-corrected chi connectivity index (χ1v) is 8.72. The van der Waals surface area contributed by atoms with Crippen LogP contribution in [0.1, 0.15) is 28.4 Å². The molecule has 6 heteroatoms. The number of nitrogen functional groups attached to an aromatic ring is 1. The van der Waals surface area contributed by atoms with Crippen LogP contribution in [0.4, 0.5) is 17.2 Å². The van der Waals surface area contributed by atoms with E-state index in [1.54, 1.807) is 19.1 Å². The molecule has 0 saturated heterocycles. The van der Waals surface area contributed by atoms with Gasteiger partial charge in [0.05, 0.1) is 6.61 Å². The van der Waals surface area contributed by atoms with E-state index in [2.05, 4.69) is 15.3 Å². The van der Waals surface area contributed by atoms with Crippen molar-refractivity contribution in [2.24, 2.45) is 0 Å². The Labute approximate surface area is 158 Å². The molecule has 0 radical (unpaired) electrons. The van der Waals surface area contributed by atoms with Gasteiger partial charge in [0, 0.05) is 23.1 Å². The standard InChI is InChI=1S/C21H22N4O2/c1-4-27-21(26)17-12-23-19(15-6-5-7-16(22)11-15)25-20(17)24-18-10-13(2)8-9-14(18)3/h5-12H,4,22H2,1-3H3,(H,23,24,25). The average molecular weight is 362 g/mol. The predicted octanol–water partition coefficient (Wildman–Crippen LogP) is 4.26. The highest BCUT2D eigenvalue weighted by Gasteiger charge is 2.17. The van der Waals surface area contributed by atoms with Crippen LogP contribution in [-0.4, -0.2) is 22.5 Å². The Hall–Kier alpha value is -3.41. The molecule has 0 saturated carbocycles. The molecule has 0 unspecified atom stereocenters. The lowest BCUT2D eigenvalue weighted by Gasteiger charge is -2.14. The number of ether oxygens (including phenoxy) is 1. The summed E-state index contributed by atoms with van der Waals surface area (Å²) in [5.41, 5.74) is 10.6. The van der Waals surface area contributed by atoms with E-state index >= 15 is 0 Å². The fraction of sp³-hybridized carbons (Fsp3) is 0.190. The maximum atomic E-state index is 12.3. The third kappa shape index (κ3) is 4.23. The van der Waals surface area contributed by atoms with Crippen LogP contribution in [0, 0.1) is 13.8 Å². The molecule has 138 valence electrons. The first kappa shape index (κ1) is 18.4. The molecule has 2 aromatic carbocycles. The van der Waals surface area contributed by atoms with Gasteiger partial charge in [-0.1, -0.05) is 24.3 Å². The molecule has 0 amide bonds. The normalized spacial score (nSPS) is 10.5. The van der Waals surface area contributed by atoms with E-state index in [1.807, 2.05) is 44.2 Å². The highest BCUT2D eigenvalue weighted by atomic mass is 16.5. The zero-order chi connectivity index (χ0) is 19.4. The second-order valence-electron chi connectivity index (χ2n) is 6.25. The number of aryl methyl sites for hydroxylation is 2. The molecule has 0 atom stereocenters. The molecule has 0 aliphatic rings.